The average Bonchev–Trinajstić information content (AvgIpc) is 3.02. The van der Waals surface area contributed by atoms with Crippen LogP contribution in [0.3, 0.4) is 0 Å². The largest absolute Gasteiger partial charge is 0.352 e. The van der Waals surface area contributed by atoms with Crippen molar-refractivity contribution in [3.05, 3.63) is 58.7 Å². The predicted octanol–water partition coefficient (Wildman–Crippen LogP) is 4.41. The van der Waals surface area contributed by atoms with Gasteiger partial charge in [-0.3, -0.25) is 9.52 Å². The van der Waals surface area contributed by atoms with Gasteiger partial charge in [-0.2, -0.15) is 0 Å². The zero-order chi connectivity index (χ0) is 23.1. The molecule has 1 aliphatic rings. The van der Waals surface area contributed by atoms with Crippen molar-refractivity contribution in [3.8, 4) is 0 Å². The van der Waals surface area contributed by atoms with Gasteiger partial charge in [0.05, 0.1) is 4.90 Å². The monoisotopic (exact) mass is 457 g/mol. The second-order valence-electron chi connectivity index (χ2n) is 8.75. The Bertz CT molecular complexity index is 1040. The van der Waals surface area contributed by atoms with Gasteiger partial charge in [-0.15, -0.1) is 0 Å². The lowest BCUT2D eigenvalue weighted by Crippen LogP contribution is -2.30. The summed E-state index contributed by atoms with van der Waals surface area (Å²) in [4.78, 5) is 15.2. The minimum atomic E-state index is -3.81. The zero-order valence-electron chi connectivity index (χ0n) is 19.4. The van der Waals surface area contributed by atoms with Crippen LogP contribution in [0.15, 0.2) is 41.3 Å². The third-order valence-corrected chi connectivity index (χ3v) is 7.66. The van der Waals surface area contributed by atoms with Gasteiger partial charge >= 0.3 is 0 Å². The Morgan fingerprint density at radius 2 is 1.59 bits per heavy atom. The summed E-state index contributed by atoms with van der Waals surface area (Å²) in [5.41, 5.74) is 3.56. The van der Waals surface area contributed by atoms with Gasteiger partial charge in [0.2, 0.25) is 0 Å². The number of carbonyl (C=O) groups is 1. The van der Waals surface area contributed by atoms with Gasteiger partial charge in [0.15, 0.2) is 0 Å². The number of hydrogen-bond donors (Lipinski definition) is 2. The fourth-order valence-electron chi connectivity index (χ4n) is 4.01. The maximum absolute atomic E-state index is 13.0. The molecule has 0 radical (unpaired) electrons. The maximum atomic E-state index is 13.0. The summed E-state index contributed by atoms with van der Waals surface area (Å²) in [7, 11) is -3.81. The molecule has 1 amide bonds. The first-order chi connectivity index (χ1) is 15.3. The summed E-state index contributed by atoms with van der Waals surface area (Å²) in [5, 5.41) is 2.93. The zero-order valence-corrected chi connectivity index (χ0v) is 20.2. The molecule has 32 heavy (non-hydrogen) atoms. The Labute approximate surface area is 192 Å². The Morgan fingerprint density at radius 3 is 2.28 bits per heavy atom. The summed E-state index contributed by atoms with van der Waals surface area (Å²) in [5.74, 6) is -0.247. The van der Waals surface area contributed by atoms with Crippen LogP contribution in [0, 0.1) is 20.8 Å². The Hall–Kier alpha value is -2.38. The van der Waals surface area contributed by atoms with E-state index < -0.39 is 10.0 Å². The second-order valence-corrected chi connectivity index (χ2v) is 10.4. The van der Waals surface area contributed by atoms with Crippen molar-refractivity contribution in [3.63, 3.8) is 0 Å². The van der Waals surface area contributed by atoms with Gasteiger partial charge in [-0.05, 0) is 101 Å². The van der Waals surface area contributed by atoms with E-state index in [0.29, 0.717) is 23.4 Å². The molecule has 3 rings (SSSR count). The van der Waals surface area contributed by atoms with E-state index in [4.69, 9.17) is 0 Å². The highest BCUT2D eigenvalue weighted by Crippen LogP contribution is 2.22. The van der Waals surface area contributed by atoms with Crippen molar-refractivity contribution in [2.45, 2.75) is 57.8 Å². The molecule has 1 fully saturated rings. The first-order valence-electron chi connectivity index (χ1n) is 11.5. The van der Waals surface area contributed by atoms with Gasteiger partial charge in [-0.1, -0.05) is 25.0 Å². The molecule has 174 valence electrons. The van der Waals surface area contributed by atoms with E-state index in [1.54, 1.807) is 25.1 Å². The van der Waals surface area contributed by atoms with E-state index in [0.717, 1.165) is 37.2 Å². The molecule has 1 heterocycles. The summed E-state index contributed by atoms with van der Waals surface area (Å²) in [6.07, 6.45) is 6.01. The van der Waals surface area contributed by atoms with Crippen LogP contribution in [0.4, 0.5) is 5.69 Å². The van der Waals surface area contributed by atoms with Crippen molar-refractivity contribution >= 4 is 21.6 Å². The first-order valence-corrected chi connectivity index (χ1v) is 13.0. The Kier molecular flexibility index (Phi) is 8.32. The van der Waals surface area contributed by atoms with Crippen molar-refractivity contribution in [1.82, 2.24) is 10.2 Å². The van der Waals surface area contributed by atoms with Crippen LogP contribution in [0.2, 0.25) is 0 Å². The normalized spacial score (nSPS) is 15.2. The number of benzene rings is 2. The van der Waals surface area contributed by atoms with Crippen molar-refractivity contribution in [1.29, 1.82) is 0 Å². The molecule has 2 N–H and O–H groups in total. The number of amides is 1. The van der Waals surface area contributed by atoms with Gasteiger partial charge in [0.25, 0.3) is 15.9 Å². The molecule has 0 aliphatic carbocycles. The topological polar surface area (TPSA) is 78.5 Å². The number of carbonyl (C=O) groups excluding carboxylic acids is 1. The van der Waals surface area contributed by atoms with E-state index >= 15 is 0 Å². The minimum absolute atomic E-state index is 0.118. The van der Waals surface area contributed by atoms with Crippen molar-refractivity contribution in [2.75, 3.05) is 30.9 Å². The number of anilines is 1. The average molecular weight is 458 g/mol. The lowest BCUT2D eigenvalue weighted by Gasteiger charge is -2.19. The molecule has 0 saturated carbocycles. The molecule has 0 atom stereocenters. The van der Waals surface area contributed by atoms with E-state index in [-0.39, 0.29) is 10.8 Å². The molecule has 7 heteroatoms. The van der Waals surface area contributed by atoms with Crippen LogP contribution in [-0.2, 0) is 10.0 Å². The van der Waals surface area contributed by atoms with E-state index in [1.807, 2.05) is 26.0 Å². The maximum Gasteiger partial charge on any atom is 0.262 e. The summed E-state index contributed by atoms with van der Waals surface area (Å²) in [6.45, 7) is 9.49. The SMILES string of the molecule is Cc1ccc(NS(=O)(=O)c2cc(C(=O)NCCCN3CCCCCC3)ccc2C)cc1C. The molecule has 0 spiro atoms. The van der Waals surface area contributed by atoms with Crippen molar-refractivity contribution < 1.29 is 13.2 Å². The van der Waals surface area contributed by atoms with Crippen LogP contribution >= 0.6 is 0 Å². The molecule has 1 aliphatic heterocycles. The molecule has 2 aromatic rings. The highest BCUT2D eigenvalue weighted by atomic mass is 32.2. The first kappa shape index (κ1) is 24.3. The summed E-state index contributed by atoms with van der Waals surface area (Å²) >= 11 is 0. The fourth-order valence-corrected chi connectivity index (χ4v) is 5.33. The highest BCUT2D eigenvalue weighted by molar-refractivity contribution is 7.92. The molecule has 2 aromatic carbocycles. The molecule has 0 bridgehead atoms. The van der Waals surface area contributed by atoms with Crippen LogP contribution < -0.4 is 10.0 Å². The van der Waals surface area contributed by atoms with Crippen LogP contribution in [-0.4, -0.2) is 45.4 Å². The summed E-state index contributed by atoms with van der Waals surface area (Å²) in [6, 6.07) is 10.3. The molecule has 6 nitrogen and oxygen atoms in total. The molecular formula is C25H35N3O3S. The molecule has 1 saturated heterocycles. The number of aryl methyl sites for hydroxylation is 3. The number of hydrogen-bond acceptors (Lipinski definition) is 4. The lowest BCUT2D eigenvalue weighted by molar-refractivity contribution is 0.0951. The van der Waals surface area contributed by atoms with Crippen LogP contribution in [0.25, 0.3) is 0 Å². The molecular weight excluding hydrogens is 422 g/mol. The van der Waals surface area contributed by atoms with E-state index in [1.165, 1.54) is 31.7 Å². The minimum Gasteiger partial charge on any atom is -0.352 e. The predicted molar refractivity (Wildman–Crippen MR) is 130 cm³/mol. The fraction of sp³-hybridized carbons (Fsp3) is 0.480. The summed E-state index contributed by atoms with van der Waals surface area (Å²) < 4.78 is 28.7. The van der Waals surface area contributed by atoms with Gasteiger partial charge in [0, 0.05) is 17.8 Å². The number of rotatable bonds is 8. The quantitative estimate of drug-likeness (QED) is 0.576. The Balaban J connectivity index is 1.62. The number of sulfonamides is 1. The van der Waals surface area contributed by atoms with Gasteiger partial charge in [-0.25, -0.2) is 8.42 Å². The van der Waals surface area contributed by atoms with Crippen LogP contribution in [0.1, 0.15) is 59.2 Å². The van der Waals surface area contributed by atoms with Gasteiger partial charge < -0.3 is 10.2 Å². The highest BCUT2D eigenvalue weighted by Gasteiger charge is 2.20. The second kappa shape index (κ2) is 11.0. The third-order valence-electron chi connectivity index (χ3n) is 6.13. The van der Waals surface area contributed by atoms with E-state index in [2.05, 4.69) is 14.9 Å². The van der Waals surface area contributed by atoms with Crippen LogP contribution in [0.5, 0.6) is 0 Å². The lowest BCUT2D eigenvalue weighted by atomic mass is 10.1. The molecule has 0 aromatic heterocycles. The standard InChI is InChI=1S/C25H35N3O3S/c1-19-10-12-23(17-21(19)3)27-32(30,31)24-18-22(11-9-20(24)2)25(29)26-13-8-16-28-14-6-4-5-7-15-28/h9-12,17-18,27H,4-8,13-16H2,1-3H3,(H,26,29). The number of nitrogens with zero attached hydrogens (tertiary/aromatic N) is 1. The Morgan fingerprint density at radius 1 is 0.906 bits per heavy atom. The van der Waals surface area contributed by atoms with Crippen molar-refractivity contribution in [2.24, 2.45) is 0 Å². The third kappa shape index (κ3) is 6.56. The smallest absolute Gasteiger partial charge is 0.262 e. The van der Waals surface area contributed by atoms with E-state index in [9.17, 15) is 13.2 Å². The van der Waals surface area contributed by atoms with Gasteiger partial charge in [0.1, 0.15) is 0 Å². The molecule has 0 unspecified atom stereocenters. The number of nitrogens with one attached hydrogen (secondary N) is 2. The number of likely N-dealkylation sites (tertiary alicyclic amines) is 1.